The van der Waals surface area contributed by atoms with E-state index in [1.54, 1.807) is 0 Å². The molecule has 2 N–H and O–H groups in total. The maximum atomic E-state index is 11.4. The molecule has 0 unspecified atom stereocenters. The normalized spacial score (nSPS) is 22.8. The smallest absolute Gasteiger partial charge is 0.354 e. The van der Waals surface area contributed by atoms with Crippen LogP contribution in [0.1, 0.15) is 19.3 Å². The molecule has 1 aliphatic carbocycles. The predicted octanol–water partition coefficient (Wildman–Crippen LogP) is 1.42. The Morgan fingerprint density at radius 1 is 1.28 bits per heavy atom. The Hall–Kier alpha value is -1.97. The van der Waals surface area contributed by atoms with Gasteiger partial charge in [0.2, 0.25) is 0 Å². The van der Waals surface area contributed by atoms with Gasteiger partial charge in [-0.3, -0.25) is 0 Å². The first-order valence-corrected chi connectivity index (χ1v) is 9.76. The van der Waals surface area contributed by atoms with Gasteiger partial charge in [0, 0.05) is 18.7 Å². The van der Waals surface area contributed by atoms with Crippen LogP contribution in [0.3, 0.4) is 0 Å². The lowest BCUT2D eigenvalue weighted by molar-refractivity contribution is 0.198. The molecule has 2 aromatic rings. The quantitative estimate of drug-likeness (QED) is 0.859. The minimum Gasteiger partial charge on any atom is -0.461 e. The number of nitrogens with two attached hydrogens (primary N) is 1. The van der Waals surface area contributed by atoms with Gasteiger partial charge < -0.3 is 9.26 Å². The van der Waals surface area contributed by atoms with E-state index in [1.165, 1.54) is 4.31 Å². The molecule has 0 amide bonds. The van der Waals surface area contributed by atoms with Gasteiger partial charge >= 0.3 is 6.01 Å². The third kappa shape index (κ3) is 3.39. The minimum atomic E-state index is -3.57. The van der Waals surface area contributed by atoms with Gasteiger partial charge in [-0.25, -0.2) is 5.14 Å². The highest BCUT2D eigenvalue weighted by atomic mass is 32.2. The molecule has 4 rings (SSSR count). The largest absolute Gasteiger partial charge is 0.461 e. The van der Waals surface area contributed by atoms with Gasteiger partial charge in [0.15, 0.2) is 0 Å². The SMILES string of the molecule is NS(=O)(=O)N1CCC2(CC1)C[C@@H]2COc1noc(-c2ccccc2)n1. The van der Waals surface area contributed by atoms with Crippen molar-refractivity contribution in [3.63, 3.8) is 0 Å². The van der Waals surface area contributed by atoms with Crippen LogP contribution >= 0.6 is 0 Å². The zero-order chi connectivity index (χ0) is 17.5. The van der Waals surface area contributed by atoms with E-state index in [-0.39, 0.29) is 11.4 Å². The molecule has 0 bridgehead atoms. The van der Waals surface area contributed by atoms with Crippen molar-refractivity contribution >= 4 is 10.2 Å². The molecule has 1 aromatic heterocycles. The number of benzene rings is 1. The molecule has 1 spiro atoms. The first kappa shape index (κ1) is 16.5. The van der Waals surface area contributed by atoms with Gasteiger partial charge in [-0.15, -0.1) is 0 Å². The summed E-state index contributed by atoms with van der Waals surface area (Å²) < 4.78 is 35.0. The van der Waals surface area contributed by atoms with Crippen molar-refractivity contribution in [3.8, 4) is 17.5 Å². The van der Waals surface area contributed by atoms with E-state index in [1.807, 2.05) is 30.3 Å². The summed E-state index contributed by atoms with van der Waals surface area (Å²) in [5.41, 5.74) is 1.02. The van der Waals surface area contributed by atoms with E-state index in [4.69, 9.17) is 14.4 Å². The number of ether oxygens (including phenoxy) is 1. The molecule has 2 heterocycles. The number of rotatable bonds is 5. The summed E-state index contributed by atoms with van der Waals surface area (Å²) in [6.07, 6.45) is 2.67. The number of hydrogen-bond acceptors (Lipinski definition) is 6. The Morgan fingerprint density at radius 3 is 2.68 bits per heavy atom. The van der Waals surface area contributed by atoms with Crippen molar-refractivity contribution in [2.45, 2.75) is 19.3 Å². The molecular formula is C16H20N4O4S. The fraction of sp³-hybridized carbons (Fsp3) is 0.500. The van der Waals surface area contributed by atoms with E-state index < -0.39 is 10.2 Å². The molecule has 2 fully saturated rings. The first-order valence-electron chi connectivity index (χ1n) is 8.26. The maximum absolute atomic E-state index is 11.4. The standard InChI is InChI=1S/C16H20N4O4S/c17-25(21,22)20-8-6-16(7-9-20)10-13(16)11-23-15-18-14(24-19-15)12-4-2-1-3-5-12/h1-5,13H,6-11H2,(H2,17,21,22)/t13-/m1/s1. The van der Waals surface area contributed by atoms with Gasteiger partial charge in [-0.05, 0) is 47.9 Å². The van der Waals surface area contributed by atoms with Crippen LogP contribution < -0.4 is 9.88 Å². The van der Waals surface area contributed by atoms with Gasteiger partial charge in [0.05, 0.1) is 6.61 Å². The highest BCUT2D eigenvalue weighted by Gasteiger charge is 2.55. The summed E-state index contributed by atoms with van der Waals surface area (Å²) in [5.74, 6) is 0.830. The van der Waals surface area contributed by atoms with Crippen molar-refractivity contribution in [1.82, 2.24) is 14.4 Å². The predicted molar refractivity (Wildman–Crippen MR) is 89.7 cm³/mol. The van der Waals surface area contributed by atoms with Gasteiger partial charge in [0.25, 0.3) is 16.1 Å². The van der Waals surface area contributed by atoms with Crippen molar-refractivity contribution in [2.24, 2.45) is 16.5 Å². The third-order valence-electron chi connectivity index (χ3n) is 5.28. The topological polar surface area (TPSA) is 112 Å². The summed E-state index contributed by atoms with van der Waals surface area (Å²) >= 11 is 0. The Kier molecular flexibility index (Phi) is 4.01. The number of aromatic nitrogens is 2. The van der Waals surface area contributed by atoms with Crippen LogP contribution in [0, 0.1) is 11.3 Å². The highest BCUT2D eigenvalue weighted by Crippen LogP contribution is 2.59. The Morgan fingerprint density at radius 2 is 2.00 bits per heavy atom. The van der Waals surface area contributed by atoms with Crippen LogP contribution in [0.4, 0.5) is 0 Å². The Labute approximate surface area is 146 Å². The Balaban J connectivity index is 1.30. The molecule has 1 saturated heterocycles. The van der Waals surface area contributed by atoms with Crippen molar-refractivity contribution < 1.29 is 17.7 Å². The summed E-state index contributed by atoms with van der Waals surface area (Å²) in [7, 11) is -3.57. The van der Waals surface area contributed by atoms with E-state index in [0.29, 0.717) is 31.5 Å². The molecule has 25 heavy (non-hydrogen) atoms. The molecule has 8 nitrogen and oxygen atoms in total. The summed E-state index contributed by atoms with van der Waals surface area (Å²) in [6.45, 7) is 1.48. The summed E-state index contributed by atoms with van der Waals surface area (Å²) in [5, 5.41) is 9.04. The van der Waals surface area contributed by atoms with E-state index in [2.05, 4.69) is 10.1 Å². The summed E-state index contributed by atoms with van der Waals surface area (Å²) in [6, 6.07) is 9.76. The molecule has 134 valence electrons. The van der Waals surface area contributed by atoms with Crippen molar-refractivity contribution in [3.05, 3.63) is 30.3 Å². The molecule has 1 aliphatic heterocycles. The zero-order valence-electron chi connectivity index (χ0n) is 13.7. The second-order valence-corrected chi connectivity index (χ2v) is 8.31. The second kappa shape index (κ2) is 6.08. The van der Waals surface area contributed by atoms with E-state index >= 15 is 0 Å². The average molecular weight is 364 g/mol. The van der Waals surface area contributed by atoms with E-state index in [0.717, 1.165) is 24.8 Å². The number of piperidine rings is 1. The van der Waals surface area contributed by atoms with E-state index in [9.17, 15) is 8.42 Å². The van der Waals surface area contributed by atoms with Crippen LogP contribution in [0.25, 0.3) is 11.5 Å². The van der Waals surface area contributed by atoms with Gasteiger partial charge in [0.1, 0.15) is 0 Å². The van der Waals surface area contributed by atoms with Crippen molar-refractivity contribution in [2.75, 3.05) is 19.7 Å². The molecule has 1 atom stereocenters. The minimum absolute atomic E-state index is 0.174. The molecular weight excluding hydrogens is 344 g/mol. The number of hydrogen-bond donors (Lipinski definition) is 1. The van der Waals surface area contributed by atoms with Gasteiger partial charge in [-0.2, -0.15) is 17.7 Å². The Bertz CT molecular complexity index is 844. The molecule has 9 heteroatoms. The van der Waals surface area contributed by atoms with Crippen LogP contribution in [0.2, 0.25) is 0 Å². The fourth-order valence-electron chi connectivity index (χ4n) is 3.61. The van der Waals surface area contributed by atoms with Crippen molar-refractivity contribution in [1.29, 1.82) is 0 Å². The van der Waals surface area contributed by atoms with Crippen LogP contribution in [0.15, 0.2) is 34.9 Å². The van der Waals surface area contributed by atoms with Gasteiger partial charge in [-0.1, -0.05) is 18.2 Å². The fourth-order valence-corrected chi connectivity index (χ4v) is 4.30. The zero-order valence-corrected chi connectivity index (χ0v) is 14.5. The maximum Gasteiger partial charge on any atom is 0.354 e. The molecule has 1 aromatic carbocycles. The first-order chi connectivity index (χ1) is 12.0. The number of nitrogens with zero attached hydrogens (tertiary/aromatic N) is 3. The lowest BCUT2D eigenvalue weighted by atomic mass is 9.92. The van der Waals surface area contributed by atoms with Crippen LogP contribution in [-0.4, -0.2) is 42.6 Å². The van der Waals surface area contributed by atoms with Crippen LogP contribution in [0.5, 0.6) is 6.01 Å². The molecule has 0 radical (unpaired) electrons. The molecule has 2 aliphatic rings. The monoisotopic (exact) mass is 364 g/mol. The lowest BCUT2D eigenvalue weighted by Crippen LogP contribution is -2.43. The highest BCUT2D eigenvalue weighted by molar-refractivity contribution is 7.86. The van der Waals surface area contributed by atoms with Crippen LogP contribution in [-0.2, 0) is 10.2 Å². The molecule has 1 saturated carbocycles. The second-order valence-electron chi connectivity index (χ2n) is 6.77. The lowest BCUT2D eigenvalue weighted by Gasteiger charge is -2.30. The third-order valence-corrected chi connectivity index (χ3v) is 6.36. The average Bonchev–Trinajstić information content (AvgIpc) is 3.05. The summed E-state index contributed by atoms with van der Waals surface area (Å²) in [4.78, 5) is 4.25.